The highest BCUT2D eigenvalue weighted by Gasteiger charge is 2.28. The zero-order valence-electron chi connectivity index (χ0n) is 15.5. The molecule has 0 radical (unpaired) electrons. The predicted molar refractivity (Wildman–Crippen MR) is 103 cm³/mol. The van der Waals surface area contributed by atoms with Crippen LogP contribution >= 0.6 is 0 Å². The molecule has 3 aromatic rings. The van der Waals surface area contributed by atoms with Crippen molar-refractivity contribution < 1.29 is 0 Å². The Hall–Kier alpha value is -2.70. The standard InChI is InChI=1S/C20H25N7/c1-2-7-19-23-24-20(27(19)12-3-1)16-6-5-11-25(14-16)17-8-4-9-18(22-17)26-13-10-21-15-26/h4,8-10,13,15-16H,1-3,5-7,11-12,14H2/t16-/m0/s1. The molecule has 0 aromatic carbocycles. The van der Waals surface area contributed by atoms with Crippen molar-refractivity contribution in [1.29, 1.82) is 0 Å². The third-order valence-corrected chi connectivity index (χ3v) is 5.74. The number of fused-ring (bicyclic) bond motifs is 1. The number of anilines is 1. The second kappa shape index (κ2) is 7.13. The van der Waals surface area contributed by atoms with Crippen LogP contribution < -0.4 is 4.90 Å². The summed E-state index contributed by atoms with van der Waals surface area (Å²) in [6.07, 6.45) is 12.7. The first-order valence-corrected chi connectivity index (χ1v) is 10.0. The van der Waals surface area contributed by atoms with Gasteiger partial charge in [0.25, 0.3) is 0 Å². The quantitative estimate of drug-likeness (QED) is 0.716. The second-order valence-corrected chi connectivity index (χ2v) is 7.55. The zero-order chi connectivity index (χ0) is 18.1. The van der Waals surface area contributed by atoms with Crippen molar-refractivity contribution in [3.8, 4) is 5.82 Å². The lowest BCUT2D eigenvalue weighted by atomic mass is 9.97. The van der Waals surface area contributed by atoms with Crippen LogP contribution in [0.4, 0.5) is 5.82 Å². The first-order valence-electron chi connectivity index (χ1n) is 10.0. The molecular formula is C20H25N7. The maximum Gasteiger partial charge on any atom is 0.140 e. The molecule has 7 heteroatoms. The van der Waals surface area contributed by atoms with Gasteiger partial charge in [0, 0.05) is 44.4 Å². The number of hydrogen-bond acceptors (Lipinski definition) is 5. The number of pyridine rings is 1. The molecule has 3 aromatic heterocycles. The van der Waals surface area contributed by atoms with Gasteiger partial charge in [0.2, 0.25) is 0 Å². The van der Waals surface area contributed by atoms with E-state index >= 15 is 0 Å². The molecule has 1 saturated heterocycles. The largest absolute Gasteiger partial charge is 0.356 e. The number of imidazole rings is 1. The van der Waals surface area contributed by atoms with Crippen LogP contribution in [0.15, 0.2) is 36.9 Å². The van der Waals surface area contributed by atoms with Crippen molar-refractivity contribution in [3.63, 3.8) is 0 Å². The topological polar surface area (TPSA) is 64.7 Å². The van der Waals surface area contributed by atoms with Gasteiger partial charge in [0.15, 0.2) is 0 Å². The molecule has 1 fully saturated rings. The van der Waals surface area contributed by atoms with Crippen LogP contribution in [0.25, 0.3) is 5.82 Å². The van der Waals surface area contributed by atoms with Gasteiger partial charge in [0.1, 0.15) is 29.6 Å². The lowest BCUT2D eigenvalue weighted by Gasteiger charge is -2.33. The molecule has 5 heterocycles. The molecule has 0 unspecified atom stereocenters. The molecule has 2 aliphatic rings. The Morgan fingerprint density at radius 3 is 2.85 bits per heavy atom. The van der Waals surface area contributed by atoms with Crippen LogP contribution in [-0.4, -0.2) is 42.4 Å². The smallest absolute Gasteiger partial charge is 0.140 e. The molecule has 1 atom stereocenters. The number of hydrogen-bond donors (Lipinski definition) is 0. The van der Waals surface area contributed by atoms with Crippen molar-refractivity contribution in [2.45, 2.75) is 51.0 Å². The van der Waals surface area contributed by atoms with E-state index in [2.05, 4.69) is 36.8 Å². The highest BCUT2D eigenvalue weighted by molar-refractivity contribution is 5.43. The zero-order valence-corrected chi connectivity index (χ0v) is 15.5. The van der Waals surface area contributed by atoms with E-state index < -0.39 is 0 Å². The molecule has 5 rings (SSSR count). The van der Waals surface area contributed by atoms with Gasteiger partial charge in [-0.1, -0.05) is 12.5 Å². The molecule has 7 nitrogen and oxygen atoms in total. The molecule has 0 spiro atoms. The van der Waals surface area contributed by atoms with Crippen molar-refractivity contribution in [2.75, 3.05) is 18.0 Å². The molecule has 0 amide bonds. The van der Waals surface area contributed by atoms with Crippen LogP contribution in [0.3, 0.4) is 0 Å². The van der Waals surface area contributed by atoms with Gasteiger partial charge in [-0.2, -0.15) is 0 Å². The Bertz CT molecular complexity index is 899. The second-order valence-electron chi connectivity index (χ2n) is 7.55. The van der Waals surface area contributed by atoms with Gasteiger partial charge >= 0.3 is 0 Å². The fourth-order valence-corrected chi connectivity index (χ4v) is 4.33. The summed E-state index contributed by atoms with van der Waals surface area (Å²) < 4.78 is 4.35. The molecule has 140 valence electrons. The first kappa shape index (κ1) is 16.5. The van der Waals surface area contributed by atoms with Gasteiger partial charge in [-0.3, -0.25) is 4.57 Å². The van der Waals surface area contributed by atoms with E-state index in [0.717, 1.165) is 44.1 Å². The molecule has 0 bridgehead atoms. The number of aromatic nitrogens is 6. The summed E-state index contributed by atoms with van der Waals surface area (Å²) in [5.74, 6) is 4.73. The van der Waals surface area contributed by atoms with Crippen LogP contribution in [0, 0.1) is 0 Å². The van der Waals surface area contributed by atoms with E-state index in [9.17, 15) is 0 Å². The van der Waals surface area contributed by atoms with Gasteiger partial charge in [-0.05, 0) is 37.8 Å². The Morgan fingerprint density at radius 1 is 0.963 bits per heavy atom. The third-order valence-electron chi connectivity index (χ3n) is 5.74. The first-order chi connectivity index (χ1) is 13.4. The Morgan fingerprint density at radius 2 is 1.93 bits per heavy atom. The van der Waals surface area contributed by atoms with E-state index in [1.54, 1.807) is 12.5 Å². The molecule has 0 saturated carbocycles. The Labute approximate surface area is 159 Å². The SMILES string of the molecule is c1cc(N2CCC[C@H](c3nnc4n3CCCCC4)C2)nc(-n2ccnc2)c1. The summed E-state index contributed by atoms with van der Waals surface area (Å²) in [6, 6.07) is 6.20. The fourth-order valence-electron chi connectivity index (χ4n) is 4.33. The fraction of sp³-hybridized carbons (Fsp3) is 0.500. The van der Waals surface area contributed by atoms with Crippen LogP contribution in [0.2, 0.25) is 0 Å². The van der Waals surface area contributed by atoms with E-state index in [-0.39, 0.29) is 0 Å². The summed E-state index contributed by atoms with van der Waals surface area (Å²) in [6.45, 7) is 3.07. The maximum absolute atomic E-state index is 4.86. The summed E-state index contributed by atoms with van der Waals surface area (Å²) in [5, 5.41) is 9.11. The van der Waals surface area contributed by atoms with Crippen molar-refractivity contribution in [2.24, 2.45) is 0 Å². The van der Waals surface area contributed by atoms with Gasteiger partial charge in [-0.25, -0.2) is 9.97 Å². The van der Waals surface area contributed by atoms with Crippen LogP contribution in [-0.2, 0) is 13.0 Å². The maximum atomic E-state index is 4.86. The average Bonchev–Trinajstić information content (AvgIpc) is 3.34. The summed E-state index contributed by atoms with van der Waals surface area (Å²) >= 11 is 0. The van der Waals surface area contributed by atoms with Crippen molar-refractivity contribution in [1.82, 2.24) is 29.3 Å². The minimum Gasteiger partial charge on any atom is -0.356 e. The summed E-state index contributed by atoms with van der Waals surface area (Å²) in [7, 11) is 0. The lowest BCUT2D eigenvalue weighted by molar-refractivity contribution is 0.464. The van der Waals surface area contributed by atoms with E-state index in [1.807, 2.05) is 16.8 Å². The number of nitrogens with zero attached hydrogens (tertiary/aromatic N) is 7. The van der Waals surface area contributed by atoms with Gasteiger partial charge < -0.3 is 9.47 Å². The van der Waals surface area contributed by atoms with Crippen molar-refractivity contribution in [3.05, 3.63) is 48.6 Å². The third kappa shape index (κ3) is 3.22. The summed E-state index contributed by atoms with van der Waals surface area (Å²) in [4.78, 5) is 11.4. The van der Waals surface area contributed by atoms with Gasteiger partial charge in [0.05, 0.1) is 0 Å². The molecule has 2 aliphatic heterocycles. The molecular weight excluding hydrogens is 338 g/mol. The van der Waals surface area contributed by atoms with E-state index in [4.69, 9.17) is 4.98 Å². The predicted octanol–water partition coefficient (Wildman–Crippen LogP) is 2.97. The summed E-state index contributed by atoms with van der Waals surface area (Å²) in [5.41, 5.74) is 0. The number of piperidine rings is 1. The molecule has 0 N–H and O–H groups in total. The number of aryl methyl sites for hydroxylation is 1. The highest BCUT2D eigenvalue weighted by Crippen LogP contribution is 2.30. The minimum atomic E-state index is 0.428. The van der Waals surface area contributed by atoms with Crippen molar-refractivity contribution >= 4 is 5.82 Å². The number of rotatable bonds is 3. The van der Waals surface area contributed by atoms with E-state index in [0.29, 0.717) is 5.92 Å². The van der Waals surface area contributed by atoms with Gasteiger partial charge in [-0.15, -0.1) is 10.2 Å². The van der Waals surface area contributed by atoms with Crippen LogP contribution in [0.1, 0.15) is 49.7 Å². The highest BCUT2D eigenvalue weighted by atomic mass is 15.3. The Kier molecular flexibility index (Phi) is 4.35. The average molecular weight is 363 g/mol. The molecule has 27 heavy (non-hydrogen) atoms. The minimum absolute atomic E-state index is 0.428. The lowest BCUT2D eigenvalue weighted by Crippen LogP contribution is -2.36. The Balaban J connectivity index is 1.39. The monoisotopic (exact) mass is 363 g/mol. The van der Waals surface area contributed by atoms with Crippen LogP contribution in [0.5, 0.6) is 0 Å². The molecule has 0 aliphatic carbocycles. The normalized spacial score (nSPS) is 20.3. The van der Waals surface area contributed by atoms with E-state index in [1.165, 1.54) is 37.3 Å².